The molecule has 0 atom stereocenters. The third-order valence-electron chi connectivity index (χ3n) is 4.15. The Bertz CT molecular complexity index is 1090. The van der Waals surface area contributed by atoms with Crippen LogP contribution in [-0.4, -0.2) is 35.4 Å². The lowest BCUT2D eigenvalue weighted by Gasteiger charge is -2.10. The molecule has 0 unspecified atom stereocenters. The third-order valence-corrected chi connectivity index (χ3v) is 4.15. The zero-order valence-electron chi connectivity index (χ0n) is 15.5. The molecular formula is C20H19N3O5. The van der Waals surface area contributed by atoms with Crippen LogP contribution in [0.25, 0.3) is 10.8 Å². The number of para-hydroxylation sites is 1. The maximum atomic E-state index is 12.4. The molecule has 28 heavy (non-hydrogen) atoms. The second-order valence-corrected chi connectivity index (χ2v) is 5.99. The topological polar surface area (TPSA) is 99.5 Å². The molecule has 0 spiro atoms. The number of amides is 1. The first-order valence-corrected chi connectivity index (χ1v) is 8.53. The predicted octanol–water partition coefficient (Wildman–Crippen LogP) is 1.42. The Balaban J connectivity index is 1.66. The number of methoxy groups -OCH3 is 1. The van der Waals surface area contributed by atoms with Gasteiger partial charge in [-0.2, -0.15) is 5.10 Å². The molecule has 0 saturated carbocycles. The maximum absolute atomic E-state index is 12.4. The minimum absolute atomic E-state index is 0.0183. The van der Waals surface area contributed by atoms with Gasteiger partial charge in [0.05, 0.1) is 12.5 Å². The average molecular weight is 381 g/mol. The van der Waals surface area contributed by atoms with E-state index in [1.54, 1.807) is 37.4 Å². The average Bonchev–Trinajstić information content (AvgIpc) is 2.73. The highest BCUT2D eigenvalue weighted by molar-refractivity contribution is 6.02. The van der Waals surface area contributed by atoms with Gasteiger partial charge in [0.1, 0.15) is 5.75 Å². The van der Waals surface area contributed by atoms with Crippen LogP contribution < -0.4 is 15.6 Å². The Kier molecular flexibility index (Phi) is 5.69. The van der Waals surface area contributed by atoms with Crippen molar-refractivity contribution in [1.82, 2.24) is 15.1 Å². The van der Waals surface area contributed by atoms with Crippen molar-refractivity contribution in [2.75, 3.05) is 13.7 Å². The predicted molar refractivity (Wildman–Crippen MR) is 102 cm³/mol. The monoisotopic (exact) mass is 381 g/mol. The summed E-state index contributed by atoms with van der Waals surface area (Å²) in [6.45, 7) is -0.228. The highest BCUT2D eigenvalue weighted by atomic mass is 16.5. The molecule has 144 valence electrons. The van der Waals surface area contributed by atoms with E-state index in [0.717, 1.165) is 10.2 Å². The first-order valence-electron chi connectivity index (χ1n) is 8.53. The molecule has 3 rings (SSSR count). The van der Waals surface area contributed by atoms with Crippen molar-refractivity contribution < 1.29 is 19.1 Å². The van der Waals surface area contributed by atoms with Gasteiger partial charge in [0.2, 0.25) is 0 Å². The van der Waals surface area contributed by atoms with Crippen molar-refractivity contribution in [3.63, 3.8) is 0 Å². The van der Waals surface area contributed by atoms with Crippen LogP contribution in [0.3, 0.4) is 0 Å². The molecule has 0 bridgehead atoms. The number of hydrogen-bond acceptors (Lipinski definition) is 6. The number of nitrogens with zero attached hydrogens (tertiary/aromatic N) is 2. The number of carbonyl (C=O) groups is 2. The van der Waals surface area contributed by atoms with Crippen LogP contribution in [0.5, 0.6) is 5.75 Å². The lowest BCUT2D eigenvalue weighted by Crippen LogP contribution is -2.29. The molecule has 0 aliphatic rings. The number of rotatable bonds is 6. The summed E-state index contributed by atoms with van der Waals surface area (Å²) in [5.41, 5.74) is 0.465. The van der Waals surface area contributed by atoms with Crippen LogP contribution in [0.4, 0.5) is 0 Å². The molecule has 0 saturated heterocycles. The molecule has 0 fully saturated rings. The van der Waals surface area contributed by atoms with Crippen LogP contribution in [0, 0.1) is 0 Å². The molecule has 1 amide bonds. The zero-order chi connectivity index (χ0) is 20.1. The molecular weight excluding hydrogens is 362 g/mol. The second-order valence-electron chi connectivity index (χ2n) is 5.99. The van der Waals surface area contributed by atoms with Crippen LogP contribution in [0.15, 0.2) is 53.3 Å². The molecule has 8 heteroatoms. The Hall–Kier alpha value is -3.68. The van der Waals surface area contributed by atoms with E-state index in [1.807, 2.05) is 18.2 Å². The smallest absolute Gasteiger partial charge is 0.359 e. The summed E-state index contributed by atoms with van der Waals surface area (Å²) >= 11 is 0. The van der Waals surface area contributed by atoms with Crippen molar-refractivity contribution >= 4 is 22.6 Å². The third kappa shape index (κ3) is 4.01. The molecule has 1 N–H and O–H groups in total. The van der Waals surface area contributed by atoms with Crippen molar-refractivity contribution in [2.24, 2.45) is 7.05 Å². The zero-order valence-corrected chi connectivity index (χ0v) is 15.5. The maximum Gasteiger partial charge on any atom is 0.359 e. The molecule has 0 aliphatic carbocycles. The van der Waals surface area contributed by atoms with E-state index < -0.39 is 18.5 Å². The van der Waals surface area contributed by atoms with E-state index in [2.05, 4.69) is 10.4 Å². The van der Waals surface area contributed by atoms with Gasteiger partial charge >= 0.3 is 5.97 Å². The number of esters is 1. The summed E-state index contributed by atoms with van der Waals surface area (Å²) in [6, 6.07) is 13.9. The van der Waals surface area contributed by atoms with E-state index in [4.69, 9.17) is 9.47 Å². The first-order chi connectivity index (χ1) is 13.5. The fraction of sp³-hybridized carbons (Fsp3) is 0.200. The number of aromatic nitrogens is 2. The van der Waals surface area contributed by atoms with E-state index >= 15 is 0 Å². The molecule has 1 aromatic heterocycles. The minimum Gasteiger partial charge on any atom is -0.496 e. The number of fused-ring (bicyclic) bond motifs is 1. The molecule has 0 aliphatic heterocycles. The summed E-state index contributed by atoms with van der Waals surface area (Å²) < 4.78 is 11.4. The van der Waals surface area contributed by atoms with Gasteiger partial charge in [-0.1, -0.05) is 36.4 Å². The summed E-state index contributed by atoms with van der Waals surface area (Å²) in [7, 11) is 3.00. The van der Waals surface area contributed by atoms with Crippen molar-refractivity contribution in [2.45, 2.75) is 6.54 Å². The van der Waals surface area contributed by atoms with Crippen LogP contribution >= 0.6 is 0 Å². The van der Waals surface area contributed by atoms with Gasteiger partial charge < -0.3 is 14.8 Å². The standard InChI is InChI=1S/C20H19N3O5/c1-23-19(25)15-9-5-4-8-14(15)18(22-23)20(26)28-12-17(24)21-11-13-7-3-6-10-16(13)27-2/h3-10H,11-12H2,1-2H3,(H,21,24). The van der Waals surface area contributed by atoms with Crippen LogP contribution in [0.1, 0.15) is 16.1 Å². The molecule has 1 heterocycles. The van der Waals surface area contributed by atoms with Gasteiger partial charge in [-0.25, -0.2) is 9.48 Å². The highest BCUT2D eigenvalue weighted by Crippen LogP contribution is 2.17. The fourth-order valence-electron chi connectivity index (χ4n) is 2.74. The van der Waals surface area contributed by atoms with Crippen LogP contribution in [0.2, 0.25) is 0 Å². The van der Waals surface area contributed by atoms with Crippen molar-refractivity contribution in [3.05, 3.63) is 70.1 Å². The highest BCUT2D eigenvalue weighted by Gasteiger charge is 2.18. The Morgan fingerprint density at radius 1 is 1.07 bits per heavy atom. The van der Waals surface area contributed by atoms with Crippen molar-refractivity contribution in [1.29, 1.82) is 0 Å². The second kappa shape index (κ2) is 8.34. The minimum atomic E-state index is -0.778. The summed E-state index contributed by atoms with van der Waals surface area (Å²) in [5.74, 6) is -0.590. The summed E-state index contributed by atoms with van der Waals surface area (Å²) in [5, 5.41) is 7.38. The van der Waals surface area contributed by atoms with Gasteiger partial charge in [0.15, 0.2) is 12.3 Å². The van der Waals surface area contributed by atoms with Crippen LogP contribution in [-0.2, 0) is 23.1 Å². The van der Waals surface area contributed by atoms with Gasteiger partial charge in [-0.15, -0.1) is 0 Å². The Labute approximate surface area is 160 Å². The van der Waals surface area contributed by atoms with E-state index in [1.165, 1.54) is 7.05 Å². The lowest BCUT2D eigenvalue weighted by molar-refractivity contribution is -0.124. The number of aryl methyl sites for hydroxylation is 1. The molecule has 2 aromatic carbocycles. The van der Waals surface area contributed by atoms with E-state index in [9.17, 15) is 14.4 Å². The normalized spacial score (nSPS) is 10.5. The largest absolute Gasteiger partial charge is 0.496 e. The molecule has 3 aromatic rings. The first kappa shape index (κ1) is 19.1. The number of carbonyl (C=O) groups excluding carboxylic acids is 2. The number of hydrogen-bond donors (Lipinski definition) is 1. The quantitative estimate of drug-likeness (QED) is 0.648. The molecule has 8 nitrogen and oxygen atoms in total. The molecule has 0 radical (unpaired) electrons. The Morgan fingerprint density at radius 2 is 1.75 bits per heavy atom. The van der Waals surface area contributed by atoms with Gasteiger partial charge in [-0.3, -0.25) is 9.59 Å². The summed E-state index contributed by atoms with van der Waals surface area (Å²) in [4.78, 5) is 36.5. The number of nitrogens with one attached hydrogen (secondary N) is 1. The number of ether oxygens (including phenoxy) is 2. The van der Waals surface area contributed by atoms with E-state index in [0.29, 0.717) is 16.5 Å². The fourth-order valence-corrected chi connectivity index (χ4v) is 2.74. The SMILES string of the molecule is COc1ccccc1CNC(=O)COC(=O)c1nn(C)c(=O)c2ccccc12. The van der Waals surface area contributed by atoms with Gasteiger partial charge in [0, 0.05) is 24.5 Å². The van der Waals surface area contributed by atoms with E-state index in [-0.39, 0.29) is 17.8 Å². The van der Waals surface area contributed by atoms with Crippen molar-refractivity contribution in [3.8, 4) is 5.75 Å². The van der Waals surface area contributed by atoms with Gasteiger partial charge in [0.25, 0.3) is 11.5 Å². The van der Waals surface area contributed by atoms with Gasteiger partial charge in [-0.05, 0) is 12.1 Å². The Morgan fingerprint density at radius 3 is 2.50 bits per heavy atom. The number of benzene rings is 2. The summed E-state index contributed by atoms with van der Waals surface area (Å²) in [6.07, 6.45) is 0. The lowest BCUT2D eigenvalue weighted by atomic mass is 10.1.